The van der Waals surface area contributed by atoms with Crippen LogP contribution in [0.15, 0.2) is 48.5 Å². The summed E-state index contributed by atoms with van der Waals surface area (Å²) in [6.45, 7) is 0.670. The van der Waals surface area contributed by atoms with E-state index in [1.807, 2.05) is 18.2 Å². The zero-order chi connectivity index (χ0) is 18.8. The van der Waals surface area contributed by atoms with Gasteiger partial charge in [0.05, 0.1) is 0 Å². The molecule has 4 rings (SSSR count). The Morgan fingerprint density at radius 1 is 1.22 bits per heavy atom. The molecule has 1 saturated carbocycles. The van der Waals surface area contributed by atoms with E-state index in [2.05, 4.69) is 5.32 Å². The van der Waals surface area contributed by atoms with Crippen molar-refractivity contribution in [2.45, 2.75) is 31.2 Å². The van der Waals surface area contributed by atoms with E-state index < -0.39 is 0 Å². The molecule has 0 aromatic heterocycles. The molecule has 0 spiro atoms. The smallest absolute Gasteiger partial charge is 0.258 e. The number of carbonyl (C=O) groups is 2. The second-order valence-corrected chi connectivity index (χ2v) is 7.00. The number of hydrogen-bond acceptors (Lipinski definition) is 3. The summed E-state index contributed by atoms with van der Waals surface area (Å²) in [5, 5.41) is 2.91. The van der Waals surface area contributed by atoms with Crippen molar-refractivity contribution in [3.05, 3.63) is 59.9 Å². The Labute approximate surface area is 157 Å². The lowest BCUT2D eigenvalue weighted by atomic mass is 10.1. The number of benzene rings is 2. The molecule has 0 radical (unpaired) electrons. The molecule has 1 aliphatic heterocycles. The van der Waals surface area contributed by atoms with Gasteiger partial charge in [-0.3, -0.25) is 9.59 Å². The van der Waals surface area contributed by atoms with Crippen LogP contribution in [0.1, 0.15) is 30.7 Å². The van der Waals surface area contributed by atoms with E-state index in [4.69, 9.17) is 4.74 Å². The van der Waals surface area contributed by atoms with E-state index in [0.29, 0.717) is 12.2 Å². The van der Waals surface area contributed by atoms with Crippen molar-refractivity contribution in [3.63, 3.8) is 0 Å². The van der Waals surface area contributed by atoms with Gasteiger partial charge in [0, 0.05) is 30.6 Å². The lowest BCUT2D eigenvalue weighted by Crippen LogP contribution is -2.31. The maximum Gasteiger partial charge on any atom is 0.258 e. The minimum absolute atomic E-state index is 0.0338. The lowest BCUT2D eigenvalue weighted by molar-refractivity contribution is -0.123. The van der Waals surface area contributed by atoms with Crippen LogP contribution < -0.4 is 15.0 Å². The van der Waals surface area contributed by atoms with Crippen molar-refractivity contribution in [2.24, 2.45) is 0 Å². The summed E-state index contributed by atoms with van der Waals surface area (Å²) in [6, 6.07) is 13.7. The van der Waals surface area contributed by atoms with E-state index >= 15 is 0 Å². The normalized spacial score (nSPS) is 21.2. The van der Waals surface area contributed by atoms with Gasteiger partial charge in [-0.25, -0.2) is 4.39 Å². The molecular formula is C21H21FN2O3. The molecule has 1 aliphatic carbocycles. The largest absolute Gasteiger partial charge is 0.484 e. The standard InChI is InChI=1S/C21H21FN2O3/c22-15-4-1-3-14(11-15)18-12-19(18)23-20(25)13-27-17-8-6-16(7-9-17)24-10-2-5-21(24)26/h1,3-4,6-9,11,18-19H,2,5,10,12-13H2,(H,23,25)/t18-,19-/m0/s1. The van der Waals surface area contributed by atoms with Crippen molar-refractivity contribution in [1.29, 1.82) is 0 Å². The summed E-state index contributed by atoms with van der Waals surface area (Å²) in [7, 11) is 0. The Bertz CT molecular complexity index is 853. The molecule has 2 aromatic carbocycles. The van der Waals surface area contributed by atoms with Crippen LogP contribution in [0, 0.1) is 5.82 Å². The van der Waals surface area contributed by atoms with Crippen LogP contribution in [0.3, 0.4) is 0 Å². The van der Waals surface area contributed by atoms with Crippen LogP contribution in [0.5, 0.6) is 5.75 Å². The number of nitrogens with one attached hydrogen (secondary N) is 1. The molecule has 1 heterocycles. The summed E-state index contributed by atoms with van der Waals surface area (Å²) in [4.78, 5) is 25.6. The molecule has 140 valence electrons. The summed E-state index contributed by atoms with van der Waals surface area (Å²) >= 11 is 0. The van der Waals surface area contributed by atoms with E-state index in [0.717, 1.165) is 30.6 Å². The first-order valence-electron chi connectivity index (χ1n) is 9.18. The molecule has 1 N–H and O–H groups in total. The van der Waals surface area contributed by atoms with Crippen molar-refractivity contribution in [3.8, 4) is 5.75 Å². The molecule has 2 atom stereocenters. The molecule has 0 bridgehead atoms. The SMILES string of the molecule is O=C(COc1ccc(N2CCCC2=O)cc1)N[C@H]1C[C@H]1c1cccc(F)c1. The summed E-state index contributed by atoms with van der Waals surface area (Å²) in [5.41, 5.74) is 1.76. The zero-order valence-corrected chi connectivity index (χ0v) is 14.9. The van der Waals surface area contributed by atoms with Crippen molar-refractivity contribution in [1.82, 2.24) is 5.32 Å². The minimum Gasteiger partial charge on any atom is -0.484 e. The Morgan fingerprint density at radius 3 is 2.74 bits per heavy atom. The fourth-order valence-corrected chi connectivity index (χ4v) is 3.50. The van der Waals surface area contributed by atoms with Crippen LogP contribution in [0.25, 0.3) is 0 Å². The monoisotopic (exact) mass is 368 g/mol. The van der Waals surface area contributed by atoms with E-state index in [-0.39, 0.29) is 36.2 Å². The highest BCUT2D eigenvalue weighted by molar-refractivity contribution is 5.95. The molecule has 27 heavy (non-hydrogen) atoms. The van der Waals surface area contributed by atoms with Crippen LogP contribution in [-0.4, -0.2) is 31.0 Å². The third-order valence-electron chi connectivity index (χ3n) is 5.01. The average Bonchev–Trinajstić information content (AvgIpc) is 3.30. The Kier molecular flexibility index (Phi) is 4.79. The number of carbonyl (C=O) groups excluding carboxylic acids is 2. The van der Waals surface area contributed by atoms with Crippen molar-refractivity contribution in [2.75, 3.05) is 18.1 Å². The molecule has 2 fully saturated rings. The van der Waals surface area contributed by atoms with Crippen molar-refractivity contribution < 1.29 is 18.7 Å². The maximum absolute atomic E-state index is 13.3. The van der Waals surface area contributed by atoms with E-state index in [1.54, 1.807) is 23.1 Å². The molecule has 0 unspecified atom stereocenters. The third-order valence-corrected chi connectivity index (χ3v) is 5.01. The number of nitrogens with zero attached hydrogens (tertiary/aromatic N) is 1. The van der Waals surface area contributed by atoms with Crippen LogP contribution >= 0.6 is 0 Å². The molecule has 2 aromatic rings. The average molecular weight is 368 g/mol. The molecular weight excluding hydrogens is 347 g/mol. The number of halogens is 1. The van der Waals surface area contributed by atoms with Crippen LogP contribution in [-0.2, 0) is 9.59 Å². The fourth-order valence-electron chi connectivity index (χ4n) is 3.50. The van der Waals surface area contributed by atoms with Gasteiger partial charge < -0.3 is 15.0 Å². The van der Waals surface area contributed by atoms with E-state index in [9.17, 15) is 14.0 Å². The second kappa shape index (κ2) is 7.39. The van der Waals surface area contributed by atoms with E-state index in [1.165, 1.54) is 12.1 Å². The first-order chi connectivity index (χ1) is 13.1. The van der Waals surface area contributed by atoms with Crippen LogP contribution in [0.2, 0.25) is 0 Å². The highest BCUT2D eigenvalue weighted by atomic mass is 19.1. The van der Waals surface area contributed by atoms with Gasteiger partial charge in [0.25, 0.3) is 5.91 Å². The van der Waals surface area contributed by atoms with Gasteiger partial charge in [-0.2, -0.15) is 0 Å². The first kappa shape index (κ1) is 17.5. The summed E-state index contributed by atoms with van der Waals surface area (Å²) < 4.78 is 18.8. The number of rotatable bonds is 6. The van der Waals surface area contributed by atoms with Gasteiger partial charge in [0.2, 0.25) is 5.91 Å². The lowest BCUT2D eigenvalue weighted by Gasteiger charge is -2.16. The number of amides is 2. The second-order valence-electron chi connectivity index (χ2n) is 7.00. The Balaban J connectivity index is 1.24. The predicted octanol–water partition coefficient (Wildman–Crippen LogP) is 3.00. The molecule has 1 saturated heterocycles. The fraction of sp³-hybridized carbons (Fsp3) is 0.333. The third kappa shape index (κ3) is 4.10. The van der Waals surface area contributed by atoms with Gasteiger partial charge in [0.1, 0.15) is 11.6 Å². The molecule has 6 heteroatoms. The number of ether oxygens (including phenoxy) is 1. The molecule has 5 nitrogen and oxygen atoms in total. The Hall–Kier alpha value is -2.89. The Morgan fingerprint density at radius 2 is 2.04 bits per heavy atom. The van der Waals surface area contributed by atoms with Crippen LogP contribution in [0.4, 0.5) is 10.1 Å². The van der Waals surface area contributed by atoms with Gasteiger partial charge in [-0.15, -0.1) is 0 Å². The van der Waals surface area contributed by atoms with Gasteiger partial charge in [-0.1, -0.05) is 12.1 Å². The topological polar surface area (TPSA) is 58.6 Å². The maximum atomic E-state index is 13.3. The highest BCUT2D eigenvalue weighted by Gasteiger charge is 2.39. The predicted molar refractivity (Wildman–Crippen MR) is 99.2 cm³/mol. The highest BCUT2D eigenvalue weighted by Crippen LogP contribution is 2.40. The van der Waals surface area contributed by atoms with Gasteiger partial charge >= 0.3 is 0 Å². The first-order valence-corrected chi connectivity index (χ1v) is 9.18. The molecule has 2 aliphatic rings. The van der Waals surface area contributed by atoms with Gasteiger partial charge in [0.15, 0.2) is 6.61 Å². The molecule has 2 amide bonds. The van der Waals surface area contributed by atoms with Crippen molar-refractivity contribution >= 4 is 17.5 Å². The van der Waals surface area contributed by atoms with Gasteiger partial charge in [-0.05, 0) is 54.8 Å². The number of hydrogen-bond donors (Lipinski definition) is 1. The summed E-state index contributed by atoms with van der Waals surface area (Å²) in [5.74, 6) is 0.435. The zero-order valence-electron chi connectivity index (χ0n) is 14.9. The quantitative estimate of drug-likeness (QED) is 0.853. The number of anilines is 1. The summed E-state index contributed by atoms with van der Waals surface area (Å²) in [6.07, 6.45) is 2.29. The minimum atomic E-state index is -0.258.